The van der Waals surface area contributed by atoms with Crippen LogP contribution in [0.1, 0.15) is 95.4 Å². The van der Waals surface area contributed by atoms with E-state index < -0.39 is 70.7 Å². The zero-order valence-electron chi connectivity index (χ0n) is 28.4. The van der Waals surface area contributed by atoms with E-state index in [4.69, 9.17) is 10.5 Å². The molecule has 0 aliphatic rings. The third-order valence-corrected chi connectivity index (χ3v) is 7.44. The molecule has 250 valence electrons. The molecule has 12 heteroatoms. The third kappa shape index (κ3) is 13.2. The maximum absolute atomic E-state index is 13.8. The molecule has 0 rings (SSSR count). The minimum atomic E-state index is -1.36. The molecule has 0 radical (unpaired) electrons. The molecular weight excluding hydrogens is 554 g/mol. The fourth-order valence-corrected chi connectivity index (χ4v) is 4.97. The van der Waals surface area contributed by atoms with Crippen molar-refractivity contribution in [1.82, 2.24) is 21.3 Å². The van der Waals surface area contributed by atoms with E-state index in [1.165, 1.54) is 14.0 Å². The first-order valence-electron chi connectivity index (χ1n) is 15.2. The first kappa shape index (κ1) is 40.3. The van der Waals surface area contributed by atoms with Crippen molar-refractivity contribution in [3.63, 3.8) is 0 Å². The number of esters is 1. The van der Waals surface area contributed by atoms with Crippen molar-refractivity contribution in [2.75, 3.05) is 13.7 Å². The molecule has 0 heterocycles. The number of nitrogens with two attached hydrogens (primary N) is 1. The number of hydrogen-bond donors (Lipinski definition) is 6. The molecule has 0 aromatic carbocycles. The van der Waals surface area contributed by atoms with E-state index in [2.05, 4.69) is 21.3 Å². The van der Waals surface area contributed by atoms with Gasteiger partial charge in [-0.3, -0.25) is 19.2 Å². The molecule has 0 bridgehead atoms. The van der Waals surface area contributed by atoms with Gasteiger partial charge in [-0.2, -0.15) is 0 Å². The maximum Gasteiger partial charge on any atom is 0.328 e. The van der Waals surface area contributed by atoms with Gasteiger partial charge in [0.15, 0.2) is 0 Å². The zero-order chi connectivity index (χ0) is 33.9. The number of carbonyl (C=O) groups is 5. The number of rotatable bonds is 16. The van der Waals surface area contributed by atoms with Gasteiger partial charge in [-0.05, 0) is 48.5 Å². The summed E-state index contributed by atoms with van der Waals surface area (Å²) in [5.41, 5.74) is 4.17. The lowest BCUT2D eigenvalue weighted by Gasteiger charge is -2.43. The third-order valence-electron chi connectivity index (χ3n) is 7.44. The molecule has 0 aromatic rings. The molecule has 4 amide bonds. The van der Waals surface area contributed by atoms with Crippen molar-refractivity contribution in [2.24, 2.45) is 34.3 Å². The summed E-state index contributed by atoms with van der Waals surface area (Å²) >= 11 is 0. The number of carbonyl (C=O) groups excluding carboxylic acids is 5. The molecule has 0 fully saturated rings. The normalized spacial score (nSPS) is 16.4. The van der Waals surface area contributed by atoms with Crippen LogP contribution in [0.2, 0.25) is 0 Å². The highest BCUT2D eigenvalue weighted by Gasteiger charge is 2.46. The van der Waals surface area contributed by atoms with E-state index in [1.54, 1.807) is 48.5 Å². The molecule has 0 aliphatic heterocycles. The smallest absolute Gasteiger partial charge is 0.328 e. The van der Waals surface area contributed by atoms with E-state index in [1.807, 2.05) is 20.8 Å². The summed E-state index contributed by atoms with van der Waals surface area (Å²) in [6, 6.07) is -3.66. The van der Waals surface area contributed by atoms with Crippen LogP contribution in [-0.2, 0) is 28.7 Å². The highest BCUT2D eigenvalue weighted by molar-refractivity contribution is 5.92. The Hall–Kier alpha value is -2.73. The van der Waals surface area contributed by atoms with Crippen LogP contribution < -0.4 is 27.0 Å². The average molecular weight is 614 g/mol. The van der Waals surface area contributed by atoms with Gasteiger partial charge in [0.05, 0.1) is 25.2 Å². The second-order valence-corrected chi connectivity index (χ2v) is 14.2. The predicted molar refractivity (Wildman–Crippen MR) is 166 cm³/mol. The number of nitrogens with one attached hydrogen (secondary N) is 4. The van der Waals surface area contributed by atoms with Crippen molar-refractivity contribution in [3.8, 4) is 0 Å². The SMILES string of the molecule is COC(=O)[C@@H](NC(=O)[C@@H]([C@H](O)[C@@H](NC(=O)[C@H](CCCCN)NC(=O)[C@@H](NC(C)=O)C(C)C)C(C)(C)C)C(C)(C)C)C(C)C. The van der Waals surface area contributed by atoms with Gasteiger partial charge < -0.3 is 36.8 Å². The largest absolute Gasteiger partial charge is 0.467 e. The number of aliphatic hydroxyl groups excluding tert-OH is 1. The van der Waals surface area contributed by atoms with Gasteiger partial charge in [0.1, 0.15) is 18.1 Å². The minimum absolute atomic E-state index is 0.230. The Labute approximate surface area is 258 Å². The molecule has 43 heavy (non-hydrogen) atoms. The Morgan fingerprint density at radius 3 is 1.67 bits per heavy atom. The quantitative estimate of drug-likeness (QED) is 0.112. The number of ether oxygens (including phenoxy) is 1. The van der Waals surface area contributed by atoms with Crippen LogP contribution in [0.4, 0.5) is 0 Å². The minimum Gasteiger partial charge on any atom is -0.467 e. The summed E-state index contributed by atoms with van der Waals surface area (Å²) in [4.78, 5) is 64.7. The van der Waals surface area contributed by atoms with Crippen molar-refractivity contribution < 1.29 is 33.8 Å². The van der Waals surface area contributed by atoms with Crippen molar-refractivity contribution >= 4 is 29.6 Å². The number of unbranched alkanes of at least 4 members (excludes halogenated alkanes) is 1. The van der Waals surface area contributed by atoms with Crippen molar-refractivity contribution in [1.29, 1.82) is 0 Å². The summed E-state index contributed by atoms with van der Waals surface area (Å²) < 4.78 is 4.87. The van der Waals surface area contributed by atoms with Gasteiger partial charge in [-0.1, -0.05) is 69.2 Å². The second-order valence-electron chi connectivity index (χ2n) is 14.2. The lowest BCUT2D eigenvalue weighted by Crippen LogP contribution is -2.62. The molecule has 0 aromatic heterocycles. The van der Waals surface area contributed by atoms with E-state index in [0.29, 0.717) is 19.4 Å². The number of amides is 4. The highest BCUT2D eigenvalue weighted by atomic mass is 16.5. The van der Waals surface area contributed by atoms with Gasteiger partial charge in [0.2, 0.25) is 23.6 Å². The molecule has 0 spiro atoms. The molecule has 12 nitrogen and oxygen atoms in total. The summed E-state index contributed by atoms with van der Waals surface area (Å²) in [5, 5.41) is 22.9. The first-order valence-corrected chi connectivity index (χ1v) is 15.2. The van der Waals surface area contributed by atoms with Crippen LogP contribution in [-0.4, -0.2) is 78.6 Å². The lowest BCUT2D eigenvalue weighted by atomic mass is 9.70. The van der Waals surface area contributed by atoms with Gasteiger partial charge in [0.25, 0.3) is 0 Å². The molecule has 6 atom stereocenters. The first-order chi connectivity index (χ1) is 19.6. The van der Waals surface area contributed by atoms with Crippen LogP contribution in [0.3, 0.4) is 0 Å². The lowest BCUT2D eigenvalue weighted by molar-refractivity contribution is -0.149. The zero-order valence-corrected chi connectivity index (χ0v) is 28.4. The Morgan fingerprint density at radius 2 is 1.28 bits per heavy atom. The fraction of sp³-hybridized carbons (Fsp3) is 0.839. The highest BCUT2D eigenvalue weighted by Crippen LogP contribution is 2.35. The summed E-state index contributed by atoms with van der Waals surface area (Å²) in [7, 11) is 1.24. The number of aliphatic hydroxyl groups is 1. The average Bonchev–Trinajstić information content (AvgIpc) is 2.85. The van der Waals surface area contributed by atoms with Crippen LogP contribution in [0.5, 0.6) is 0 Å². The molecule has 0 saturated heterocycles. The van der Waals surface area contributed by atoms with E-state index in [0.717, 1.165) is 0 Å². The molecule has 0 unspecified atom stereocenters. The van der Waals surface area contributed by atoms with Crippen molar-refractivity contribution in [2.45, 2.75) is 126 Å². The van der Waals surface area contributed by atoms with Crippen molar-refractivity contribution in [3.05, 3.63) is 0 Å². The van der Waals surface area contributed by atoms with E-state index in [9.17, 15) is 29.1 Å². The Bertz CT molecular complexity index is 940. The molecular formula is C31H59N5O7. The summed E-state index contributed by atoms with van der Waals surface area (Å²) in [5.74, 6) is -4.07. The molecule has 0 saturated carbocycles. The predicted octanol–water partition coefficient (Wildman–Crippen LogP) is 1.63. The standard InChI is InChI=1S/C31H59N5O7/c1-17(2)22(33-19(5)37)28(41)34-20(15-13-14-16-32)26(39)36-25(31(9,10)11)24(38)21(30(6,7)8)27(40)35-23(18(3)4)29(42)43-12/h17-18,20-25,38H,13-16,32H2,1-12H3,(H,33,37)(H,34,41)(H,35,40)(H,36,39)/t20-,21+,22-,23-,24-,25+/m0/s1. The monoisotopic (exact) mass is 613 g/mol. The van der Waals surface area contributed by atoms with Gasteiger partial charge in [-0.25, -0.2) is 4.79 Å². The topological polar surface area (TPSA) is 189 Å². The maximum atomic E-state index is 13.8. The van der Waals surface area contributed by atoms with Crippen LogP contribution in [0.25, 0.3) is 0 Å². The number of methoxy groups -OCH3 is 1. The molecule has 7 N–H and O–H groups in total. The van der Waals surface area contributed by atoms with Crippen LogP contribution >= 0.6 is 0 Å². The summed E-state index contributed by atoms with van der Waals surface area (Å²) in [6.45, 7) is 19.8. The Balaban J connectivity index is 6.39. The van der Waals surface area contributed by atoms with E-state index >= 15 is 0 Å². The van der Waals surface area contributed by atoms with Gasteiger partial charge in [-0.15, -0.1) is 0 Å². The summed E-state index contributed by atoms with van der Waals surface area (Å²) in [6.07, 6.45) is 0.109. The fourth-order valence-electron chi connectivity index (χ4n) is 4.97. The van der Waals surface area contributed by atoms with E-state index in [-0.39, 0.29) is 24.2 Å². The Kier molecular flexibility index (Phi) is 16.4. The van der Waals surface area contributed by atoms with Gasteiger partial charge in [0, 0.05) is 6.92 Å². The molecule has 0 aliphatic carbocycles. The second kappa shape index (κ2) is 17.5. The van der Waals surface area contributed by atoms with Crippen LogP contribution in [0, 0.1) is 28.6 Å². The number of hydrogen-bond acceptors (Lipinski definition) is 8. The van der Waals surface area contributed by atoms with Crippen LogP contribution in [0.15, 0.2) is 0 Å². The Morgan fingerprint density at radius 1 is 0.744 bits per heavy atom. The van der Waals surface area contributed by atoms with Gasteiger partial charge >= 0.3 is 5.97 Å².